The Bertz CT molecular complexity index is 513. The molecule has 1 aliphatic heterocycles. The first-order chi connectivity index (χ1) is 8.99. The van der Waals surface area contributed by atoms with Crippen LogP contribution in [0.2, 0.25) is 0 Å². The number of benzene rings is 1. The predicted octanol–water partition coefficient (Wildman–Crippen LogP) is 0.126. The van der Waals surface area contributed by atoms with E-state index in [-0.39, 0.29) is 17.6 Å². The summed E-state index contributed by atoms with van der Waals surface area (Å²) in [5, 5.41) is 9.05. The maximum absolute atomic E-state index is 10.9. The van der Waals surface area contributed by atoms with E-state index in [1.54, 1.807) is 12.1 Å². The van der Waals surface area contributed by atoms with Gasteiger partial charge in [0.05, 0.1) is 24.2 Å². The van der Waals surface area contributed by atoms with Gasteiger partial charge in [-0.25, -0.2) is 0 Å². The molecule has 1 aromatic carbocycles. The van der Waals surface area contributed by atoms with Crippen molar-refractivity contribution in [3.8, 4) is 0 Å². The van der Waals surface area contributed by atoms with Gasteiger partial charge in [0.15, 0.2) is 0 Å². The fourth-order valence-corrected chi connectivity index (χ4v) is 2.54. The van der Waals surface area contributed by atoms with Crippen molar-refractivity contribution >= 4 is 10.1 Å². The highest BCUT2D eigenvalue weighted by molar-refractivity contribution is 7.85. The molecule has 1 atom stereocenters. The second kappa shape index (κ2) is 5.98. The lowest BCUT2D eigenvalue weighted by Gasteiger charge is -2.31. The molecule has 6 nitrogen and oxygen atoms in total. The Morgan fingerprint density at radius 2 is 2.00 bits per heavy atom. The Kier molecular flexibility index (Phi) is 4.54. The zero-order chi connectivity index (χ0) is 13.9. The van der Waals surface area contributed by atoms with E-state index in [9.17, 15) is 8.42 Å². The monoisotopic (exact) mass is 287 g/mol. The molecule has 106 valence electrons. The fraction of sp³-hybridized carbons (Fsp3) is 0.500. The van der Waals surface area contributed by atoms with Crippen LogP contribution in [0.5, 0.6) is 0 Å². The second-order valence-electron chi connectivity index (χ2n) is 4.53. The number of hydrogen-bond donors (Lipinski definition) is 2. The number of nitrogens with zero attached hydrogens (tertiary/aromatic N) is 1. The van der Waals surface area contributed by atoms with E-state index >= 15 is 0 Å². The minimum Gasteiger partial charge on any atom is -0.394 e. The molecule has 0 aliphatic carbocycles. The summed E-state index contributed by atoms with van der Waals surface area (Å²) < 4.78 is 36.1. The normalized spacial score (nSPS) is 21.5. The van der Waals surface area contributed by atoms with Gasteiger partial charge in [-0.2, -0.15) is 8.42 Å². The summed E-state index contributed by atoms with van der Waals surface area (Å²) in [5.41, 5.74) is 0.950. The van der Waals surface area contributed by atoms with Crippen LogP contribution in [0, 0.1) is 0 Å². The van der Waals surface area contributed by atoms with Gasteiger partial charge in [0.2, 0.25) is 0 Å². The molecule has 1 heterocycles. The van der Waals surface area contributed by atoms with Crippen LogP contribution < -0.4 is 0 Å². The first kappa shape index (κ1) is 14.4. The summed E-state index contributed by atoms with van der Waals surface area (Å²) in [6, 6.07) is 6.11. The Labute approximate surface area is 112 Å². The summed E-state index contributed by atoms with van der Waals surface area (Å²) in [7, 11) is -4.13. The van der Waals surface area contributed by atoms with Crippen molar-refractivity contribution in [2.75, 3.05) is 26.3 Å². The summed E-state index contributed by atoms with van der Waals surface area (Å²) >= 11 is 0. The van der Waals surface area contributed by atoms with Crippen molar-refractivity contribution in [1.82, 2.24) is 4.90 Å². The van der Waals surface area contributed by atoms with Crippen molar-refractivity contribution in [2.45, 2.75) is 17.5 Å². The molecule has 0 saturated carbocycles. The summed E-state index contributed by atoms with van der Waals surface area (Å²) in [6.45, 7) is 2.66. The van der Waals surface area contributed by atoms with Crippen LogP contribution in [0.25, 0.3) is 0 Å². The van der Waals surface area contributed by atoms with Gasteiger partial charge in [-0.15, -0.1) is 0 Å². The number of rotatable bonds is 4. The molecule has 0 aromatic heterocycles. The van der Waals surface area contributed by atoms with E-state index in [1.165, 1.54) is 12.1 Å². The first-order valence-corrected chi connectivity index (χ1v) is 7.44. The maximum Gasteiger partial charge on any atom is 0.294 e. The van der Waals surface area contributed by atoms with Crippen LogP contribution in [0.1, 0.15) is 5.56 Å². The molecule has 1 aliphatic rings. The summed E-state index contributed by atoms with van der Waals surface area (Å²) in [4.78, 5) is 2.03. The number of morpholine rings is 1. The van der Waals surface area contributed by atoms with Crippen molar-refractivity contribution in [2.24, 2.45) is 0 Å². The molecule has 0 amide bonds. The molecule has 1 aromatic rings. The highest BCUT2D eigenvalue weighted by Crippen LogP contribution is 2.13. The van der Waals surface area contributed by atoms with Gasteiger partial charge in [-0.1, -0.05) is 12.1 Å². The average molecular weight is 287 g/mol. The van der Waals surface area contributed by atoms with Crippen molar-refractivity contribution in [1.29, 1.82) is 0 Å². The lowest BCUT2D eigenvalue weighted by Crippen LogP contribution is -2.43. The third-order valence-electron chi connectivity index (χ3n) is 3.05. The molecule has 0 bridgehead atoms. The van der Waals surface area contributed by atoms with Crippen LogP contribution >= 0.6 is 0 Å². The number of hydrogen-bond acceptors (Lipinski definition) is 5. The average Bonchev–Trinajstić information content (AvgIpc) is 2.38. The third kappa shape index (κ3) is 3.99. The molecule has 1 saturated heterocycles. The van der Waals surface area contributed by atoms with Crippen LogP contribution in [0.4, 0.5) is 0 Å². The highest BCUT2D eigenvalue weighted by atomic mass is 32.2. The SMILES string of the molecule is O=S(=O)(O)c1ccc(CN2CCOC(CO)C2)cc1. The Balaban J connectivity index is 2.00. The predicted molar refractivity (Wildman–Crippen MR) is 68.4 cm³/mol. The zero-order valence-corrected chi connectivity index (χ0v) is 11.2. The summed E-state index contributed by atoms with van der Waals surface area (Å²) in [5.74, 6) is 0. The molecule has 19 heavy (non-hydrogen) atoms. The summed E-state index contributed by atoms with van der Waals surface area (Å²) in [6.07, 6.45) is -0.161. The van der Waals surface area contributed by atoms with Crippen LogP contribution in [0.15, 0.2) is 29.2 Å². The highest BCUT2D eigenvalue weighted by Gasteiger charge is 2.19. The standard InChI is InChI=1S/C12H17NO5S/c14-9-11-8-13(5-6-18-11)7-10-1-3-12(4-2-10)19(15,16)17/h1-4,11,14H,5-9H2,(H,15,16,17). The van der Waals surface area contributed by atoms with Gasteiger partial charge in [-0.05, 0) is 17.7 Å². The van der Waals surface area contributed by atoms with Crippen LogP contribution in [0.3, 0.4) is 0 Å². The Morgan fingerprint density at radius 3 is 2.58 bits per heavy atom. The van der Waals surface area contributed by atoms with E-state index in [4.69, 9.17) is 14.4 Å². The van der Waals surface area contributed by atoms with Crippen molar-refractivity contribution in [3.63, 3.8) is 0 Å². The van der Waals surface area contributed by atoms with Gasteiger partial charge in [0, 0.05) is 19.6 Å². The first-order valence-electron chi connectivity index (χ1n) is 6.00. The van der Waals surface area contributed by atoms with E-state index in [0.29, 0.717) is 19.7 Å². The lowest BCUT2D eigenvalue weighted by atomic mass is 10.2. The van der Waals surface area contributed by atoms with Crippen molar-refractivity contribution < 1.29 is 22.8 Å². The lowest BCUT2D eigenvalue weighted by molar-refractivity contribution is -0.0551. The zero-order valence-electron chi connectivity index (χ0n) is 10.4. The minimum atomic E-state index is -4.13. The molecule has 0 radical (unpaired) electrons. The van der Waals surface area contributed by atoms with Gasteiger partial charge in [0.25, 0.3) is 10.1 Å². The largest absolute Gasteiger partial charge is 0.394 e. The minimum absolute atomic E-state index is 0.00179. The van der Waals surface area contributed by atoms with Crippen molar-refractivity contribution in [3.05, 3.63) is 29.8 Å². The molecular formula is C12H17NO5S. The Hall–Kier alpha value is -0.990. The number of ether oxygens (including phenoxy) is 1. The number of aliphatic hydroxyl groups is 1. The van der Waals surface area contributed by atoms with E-state index in [1.807, 2.05) is 0 Å². The van der Waals surface area contributed by atoms with Crippen LogP contribution in [-0.2, 0) is 21.4 Å². The molecular weight excluding hydrogens is 270 g/mol. The van der Waals surface area contributed by atoms with Gasteiger partial charge in [-0.3, -0.25) is 9.45 Å². The van der Waals surface area contributed by atoms with Gasteiger partial charge in [0.1, 0.15) is 0 Å². The van der Waals surface area contributed by atoms with E-state index in [0.717, 1.165) is 12.1 Å². The fourth-order valence-electron chi connectivity index (χ4n) is 2.06. The van der Waals surface area contributed by atoms with Gasteiger partial charge < -0.3 is 9.84 Å². The molecule has 2 N–H and O–H groups in total. The maximum atomic E-state index is 10.9. The molecule has 1 fully saturated rings. The molecule has 0 spiro atoms. The Morgan fingerprint density at radius 1 is 1.32 bits per heavy atom. The second-order valence-corrected chi connectivity index (χ2v) is 5.95. The molecule has 2 rings (SSSR count). The quantitative estimate of drug-likeness (QED) is 0.765. The number of aliphatic hydroxyl groups excluding tert-OH is 1. The molecule has 7 heteroatoms. The van der Waals surface area contributed by atoms with E-state index in [2.05, 4.69) is 4.90 Å². The topological polar surface area (TPSA) is 87.1 Å². The molecule has 1 unspecified atom stereocenters. The van der Waals surface area contributed by atoms with E-state index < -0.39 is 10.1 Å². The van der Waals surface area contributed by atoms with Crippen LogP contribution in [-0.4, -0.2) is 55.4 Å². The smallest absolute Gasteiger partial charge is 0.294 e. The third-order valence-corrected chi connectivity index (χ3v) is 3.92. The van der Waals surface area contributed by atoms with Gasteiger partial charge >= 0.3 is 0 Å².